The number of nitrogens with zero attached hydrogens (tertiary/aromatic N) is 1. The van der Waals surface area contributed by atoms with E-state index in [9.17, 15) is 14.0 Å². The van der Waals surface area contributed by atoms with Gasteiger partial charge in [0.2, 0.25) is 11.8 Å². The monoisotopic (exact) mass is 310 g/mol. The Morgan fingerprint density at radius 2 is 1.95 bits per heavy atom. The average Bonchev–Trinajstić information content (AvgIpc) is 2.49. The van der Waals surface area contributed by atoms with Crippen LogP contribution in [0.1, 0.15) is 25.8 Å². The molecule has 0 aromatic heterocycles. The third kappa shape index (κ3) is 5.81. The molecule has 0 spiro atoms. The van der Waals surface area contributed by atoms with Gasteiger partial charge in [0.1, 0.15) is 11.9 Å². The van der Waals surface area contributed by atoms with E-state index in [4.69, 9.17) is 4.74 Å². The lowest BCUT2D eigenvalue weighted by Gasteiger charge is -2.27. The number of nitrogens with one attached hydrogen (secondary N) is 1. The first-order valence-electron chi connectivity index (χ1n) is 7.24. The van der Waals surface area contributed by atoms with Crippen LogP contribution in [0.3, 0.4) is 0 Å². The highest BCUT2D eigenvalue weighted by Crippen LogP contribution is 2.10. The Kier molecular flexibility index (Phi) is 7.52. The zero-order valence-corrected chi connectivity index (χ0v) is 13.3. The number of ether oxygens (including phenoxy) is 1. The quantitative estimate of drug-likeness (QED) is 0.744. The summed E-state index contributed by atoms with van der Waals surface area (Å²) < 4.78 is 17.8. The third-order valence-corrected chi connectivity index (χ3v) is 3.34. The maximum atomic E-state index is 12.9. The van der Waals surface area contributed by atoms with E-state index in [2.05, 4.69) is 5.32 Å². The minimum Gasteiger partial charge on any atom is -0.385 e. The summed E-state index contributed by atoms with van der Waals surface area (Å²) in [6.45, 7) is 4.43. The molecule has 1 N–H and O–H groups in total. The standard InChI is InChI=1S/C16H23FN2O3/c1-12(16(21)18-9-4-10-22-3)19(13(2)20)11-14-5-7-15(17)8-6-14/h5-8,12H,4,9-11H2,1-3H3,(H,18,21)/t12-/m1/s1. The molecule has 1 rings (SSSR count). The van der Waals surface area contributed by atoms with Crippen LogP contribution in [0, 0.1) is 5.82 Å². The Bertz CT molecular complexity index is 491. The highest BCUT2D eigenvalue weighted by Gasteiger charge is 2.23. The first-order chi connectivity index (χ1) is 10.5. The van der Waals surface area contributed by atoms with Crippen LogP contribution in [0.15, 0.2) is 24.3 Å². The van der Waals surface area contributed by atoms with E-state index in [-0.39, 0.29) is 24.2 Å². The number of hydrogen-bond acceptors (Lipinski definition) is 3. The van der Waals surface area contributed by atoms with Gasteiger partial charge in [-0.1, -0.05) is 12.1 Å². The molecule has 6 heteroatoms. The molecule has 5 nitrogen and oxygen atoms in total. The first kappa shape index (κ1) is 18.1. The summed E-state index contributed by atoms with van der Waals surface area (Å²) in [5.74, 6) is -0.751. The number of methoxy groups -OCH3 is 1. The van der Waals surface area contributed by atoms with Crippen molar-refractivity contribution in [1.29, 1.82) is 0 Å². The number of halogens is 1. The molecule has 0 radical (unpaired) electrons. The van der Waals surface area contributed by atoms with E-state index in [1.807, 2.05) is 0 Å². The number of hydrogen-bond donors (Lipinski definition) is 1. The zero-order chi connectivity index (χ0) is 16.5. The molecule has 0 aliphatic carbocycles. The van der Waals surface area contributed by atoms with Gasteiger partial charge in [0.05, 0.1) is 0 Å². The van der Waals surface area contributed by atoms with Gasteiger partial charge in [-0.2, -0.15) is 0 Å². The van der Waals surface area contributed by atoms with Crippen LogP contribution in [0.4, 0.5) is 4.39 Å². The minimum atomic E-state index is -0.593. The summed E-state index contributed by atoms with van der Waals surface area (Å²) in [7, 11) is 1.60. The fourth-order valence-corrected chi connectivity index (χ4v) is 2.02. The molecule has 0 aliphatic rings. The van der Waals surface area contributed by atoms with Gasteiger partial charge in [0, 0.05) is 33.7 Å². The van der Waals surface area contributed by atoms with Gasteiger partial charge in [0.25, 0.3) is 0 Å². The smallest absolute Gasteiger partial charge is 0.242 e. The number of rotatable bonds is 8. The molecule has 1 atom stereocenters. The van der Waals surface area contributed by atoms with Gasteiger partial charge in [-0.05, 0) is 31.0 Å². The molecular weight excluding hydrogens is 287 g/mol. The first-order valence-corrected chi connectivity index (χ1v) is 7.24. The predicted molar refractivity (Wildman–Crippen MR) is 81.6 cm³/mol. The van der Waals surface area contributed by atoms with Crippen LogP contribution in [0.2, 0.25) is 0 Å². The summed E-state index contributed by atoms with van der Waals surface area (Å²) in [4.78, 5) is 25.3. The molecular formula is C16H23FN2O3. The second-order valence-corrected chi connectivity index (χ2v) is 5.09. The Morgan fingerprint density at radius 1 is 1.32 bits per heavy atom. The Morgan fingerprint density at radius 3 is 2.50 bits per heavy atom. The summed E-state index contributed by atoms with van der Waals surface area (Å²) in [5, 5.41) is 2.77. The molecule has 0 saturated heterocycles. The Labute approximate surface area is 130 Å². The maximum absolute atomic E-state index is 12.9. The second kappa shape index (κ2) is 9.15. The van der Waals surface area contributed by atoms with Crippen molar-refractivity contribution in [2.24, 2.45) is 0 Å². The molecule has 1 aromatic rings. The molecule has 0 fully saturated rings. The molecule has 1 aromatic carbocycles. The molecule has 0 heterocycles. The minimum absolute atomic E-state index is 0.205. The van der Waals surface area contributed by atoms with E-state index < -0.39 is 6.04 Å². The summed E-state index contributed by atoms with van der Waals surface area (Å²) >= 11 is 0. The fourth-order valence-electron chi connectivity index (χ4n) is 2.02. The number of carbonyl (C=O) groups excluding carboxylic acids is 2. The van der Waals surface area contributed by atoms with Crippen LogP contribution in [-0.2, 0) is 20.9 Å². The highest BCUT2D eigenvalue weighted by molar-refractivity contribution is 5.86. The predicted octanol–water partition coefficient (Wildman–Crippen LogP) is 1.72. The van der Waals surface area contributed by atoms with Gasteiger partial charge in [-0.15, -0.1) is 0 Å². The van der Waals surface area contributed by atoms with Crippen molar-refractivity contribution in [2.45, 2.75) is 32.9 Å². The molecule has 2 amide bonds. The van der Waals surface area contributed by atoms with E-state index in [0.717, 1.165) is 5.56 Å². The van der Waals surface area contributed by atoms with Crippen LogP contribution >= 0.6 is 0 Å². The van der Waals surface area contributed by atoms with Crippen molar-refractivity contribution in [3.8, 4) is 0 Å². The van der Waals surface area contributed by atoms with Crippen LogP contribution in [0.5, 0.6) is 0 Å². The largest absolute Gasteiger partial charge is 0.385 e. The van der Waals surface area contributed by atoms with Crippen molar-refractivity contribution in [1.82, 2.24) is 10.2 Å². The molecule has 0 bridgehead atoms. The van der Waals surface area contributed by atoms with Crippen LogP contribution < -0.4 is 5.32 Å². The molecule has 22 heavy (non-hydrogen) atoms. The van der Waals surface area contributed by atoms with Crippen molar-refractivity contribution in [2.75, 3.05) is 20.3 Å². The number of carbonyl (C=O) groups is 2. The van der Waals surface area contributed by atoms with Crippen molar-refractivity contribution in [3.63, 3.8) is 0 Å². The average molecular weight is 310 g/mol. The topological polar surface area (TPSA) is 58.6 Å². The molecule has 0 saturated carbocycles. The lowest BCUT2D eigenvalue weighted by molar-refractivity contribution is -0.139. The van der Waals surface area contributed by atoms with Gasteiger partial charge in [-0.3, -0.25) is 9.59 Å². The van der Waals surface area contributed by atoms with Gasteiger partial charge in [0.15, 0.2) is 0 Å². The van der Waals surface area contributed by atoms with Crippen molar-refractivity contribution >= 4 is 11.8 Å². The highest BCUT2D eigenvalue weighted by atomic mass is 19.1. The zero-order valence-electron chi connectivity index (χ0n) is 13.3. The van der Waals surface area contributed by atoms with Gasteiger partial charge in [-0.25, -0.2) is 4.39 Å². The second-order valence-electron chi connectivity index (χ2n) is 5.09. The SMILES string of the molecule is COCCCNC(=O)[C@@H](C)N(Cc1ccc(F)cc1)C(C)=O. The van der Waals surface area contributed by atoms with Gasteiger partial charge >= 0.3 is 0 Å². The fraction of sp³-hybridized carbons (Fsp3) is 0.500. The summed E-state index contributed by atoms with van der Waals surface area (Å²) in [6.07, 6.45) is 0.715. The van der Waals surface area contributed by atoms with E-state index >= 15 is 0 Å². The third-order valence-electron chi connectivity index (χ3n) is 3.34. The normalized spacial score (nSPS) is 11.8. The number of amides is 2. The van der Waals surface area contributed by atoms with Crippen molar-refractivity contribution in [3.05, 3.63) is 35.6 Å². The van der Waals surface area contributed by atoms with Crippen LogP contribution in [-0.4, -0.2) is 43.0 Å². The molecule has 0 aliphatic heterocycles. The van der Waals surface area contributed by atoms with E-state index in [1.54, 1.807) is 26.2 Å². The lowest BCUT2D eigenvalue weighted by Crippen LogP contribution is -2.47. The van der Waals surface area contributed by atoms with Gasteiger partial charge < -0.3 is 15.0 Å². The van der Waals surface area contributed by atoms with E-state index in [0.29, 0.717) is 19.6 Å². The van der Waals surface area contributed by atoms with E-state index in [1.165, 1.54) is 24.0 Å². The maximum Gasteiger partial charge on any atom is 0.242 e. The van der Waals surface area contributed by atoms with Crippen molar-refractivity contribution < 1.29 is 18.7 Å². The summed E-state index contributed by atoms with van der Waals surface area (Å²) in [5.41, 5.74) is 0.774. The Balaban J connectivity index is 2.63. The lowest BCUT2D eigenvalue weighted by atomic mass is 10.1. The molecule has 122 valence electrons. The molecule has 0 unspecified atom stereocenters. The van der Waals surface area contributed by atoms with Crippen LogP contribution in [0.25, 0.3) is 0 Å². The Hall–Kier alpha value is -1.95. The summed E-state index contributed by atoms with van der Waals surface area (Å²) in [6, 6.07) is 5.29. The number of benzene rings is 1.